The zero-order valence-electron chi connectivity index (χ0n) is 8.41. The molecule has 0 spiro atoms. The normalized spacial score (nSPS) is 23.8. The number of fused-ring (bicyclic) bond motifs is 1. The molecule has 1 atom stereocenters. The van der Waals surface area contributed by atoms with Gasteiger partial charge in [-0.15, -0.1) is 0 Å². The molecular formula is C10H10ClNO3. The second-order valence-electron chi connectivity index (χ2n) is 3.61. The van der Waals surface area contributed by atoms with Crippen molar-refractivity contribution in [2.24, 2.45) is 0 Å². The van der Waals surface area contributed by atoms with Gasteiger partial charge < -0.3 is 9.47 Å². The molecule has 0 saturated heterocycles. The molecule has 0 aromatic carbocycles. The topological polar surface area (TPSA) is 48.4 Å². The number of carbonyl (C=O) groups excluding carboxylic acids is 1. The van der Waals surface area contributed by atoms with Crippen molar-refractivity contribution in [3.8, 4) is 0 Å². The SMILES string of the molecule is COCC1(C)OC(=O)c2cnc(Cl)cc21. The molecule has 0 saturated carbocycles. The summed E-state index contributed by atoms with van der Waals surface area (Å²) in [4.78, 5) is 15.4. The molecule has 0 N–H and O–H groups in total. The van der Waals surface area contributed by atoms with Crippen LogP contribution in [-0.4, -0.2) is 24.7 Å². The summed E-state index contributed by atoms with van der Waals surface area (Å²) in [7, 11) is 1.56. The Labute approximate surface area is 92.2 Å². The lowest BCUT2D eigenvalue weighted by molar-refractivity contribution is -0.0384. The number of nitrogens with zero attached hydrogens (tertiary/aromatic N) is 1. The van der Waals surface area contributed by atoms with Gasteiger partial charge in [-0.3, -0.25) is 0 Å². The predicted molar refractivity (Wildman–Crippen MR) is 53.9 cm³/mol. The van der Waals surface area contributed by atoms with Crippen LogP contribution in [0.4, 0.5) is 0 Å². The Morgan fingerprint density at radius 3 is 3.07 bits per heavy atom. The van der Waals surface area contributed by atoms with Crippen LogP contribution in [0.5, 0.6) is 0 Å². The van der Waals surface area contributed by atoms with Crippen LogP contribution in [-0.2, 0) is 15.1 Å². The molecule has 2 heterocycles. The maximum absolute atomic E-state index is 11.5. The highest BCUT2D eigenvalue weighted by Crippen LogP contribution is 2.36. The van der Waals surface area contributed by atoms with Gasteiger partial charge in [-0.1, -0.05) is 11.6 Å². The molecule has 2 rings (SSSR count). The van der Waals surface area contributed by atoms with Crippen LogP contribution in [0.1, 0.15) is 22.8 Å². The van der Waals surface area contributed by atoms with E-state index in [1.165, 1.54) is 6.20 Å². The van der Waals surface area contributed by atoms with E-state index in [1.54, 1.807) is 20.1 Å². The molecule has 1 aliphatic heterocycles. The van der Waals surface area contributed by atoms with Crippen molar-refractivity contribution in [3.63, 3.8) is 0 Å². The van der Waals surface area contributed by atoms with Gasteiger partial charge in [0.25, 0.3) is 0 Å². The number of rotatable bonds is 2. The molecule has 0 aliphatic carbocycles. The van der Waals surface area contributed by atoms with E-state index >= 15 is 0 Å². The van der Waals surface area contributed by atoms with Crippen LogP contribution in [0.25, 0.3) is 0 Å². The van der Waals surface area contributed by atoms with Crippen molar-refractivity contribution < 1.29 is 14.3 Å². The van der Waals surface area contributed by atoms with Crippen molar-refractivity contribution in [2.45, 2.75) is 12.5 Å². The molecule has 80 valence electrons. The molecular weight excluding hydrogens is 218 g/mol. The lowest BCUT2D eigenvalue weighted by atomic mass is 9.96. The summed E-state index contributed by atoms with van der Waals surface area (Å²) in [5.41, 5.74) is 0.432. The Kier molecular flexibility index (Phi) is 2.40. The highest BCUT2D eigenvalue weighted by Gasteiger charge is 2.42. The van der Waals surface area contributed by atoms with Crippen LogP contribution in [0.15, 0.2) is 12.3 Å². The summed E-state index contributed by atoms with van der Waals surface area (Å²) in [5, 5.41) is 0.342. The lowest BCUT2D eigenvalue weighted by Gasteiger charge is -2.22. The van der Waals surface area contributed by atoms with Gasteiger partial charge in [-0.2, -0.15) is 0 Å². The van der Waals surface area contributed by atoms with Gasteiger partial charge in [0.2, 0.25) is 0 Å². The van der Waals surface area contributed by atoms with Gasteiger partial charge in [0.15, 0.2) is 5.60 Å². The first-order valence-corrected chi connectivity index (χ1v) is 4.83. The van der Waals surface area contributed by atoms with E-state index in [9.17, 15) is 4.79 Å². The fraction of sp³-hybridized carbons (Fsp3) is 0.400. The fourth-order valence-electron chi connectivity index (χ4n) is 1.73. The molecule has 0 fully saturated rings. The van der Waals surface area contributed by atoms with E-state index in [4.69, 9.17) is 21.1 Å². The van der Waals surface area contributed by atoms with Gasteiger partial charge in [-0.05, 0) is 13.0 Å². The first-order chi connectivity index (χ1) is 7.07. The Morgan fingerprint density at radius 2 is 2.40 bits per heavy atom. The molecule has 0 bridgehead atoms. The Balaban J connectivity index is 2.52. The first-order valence-electron chi connectivity index (χ1n) is 4.45. The molecule has 5 heteroatoms. The second kappa shape index (κ2) is 3.47. The molecule has 1 aromatic heterocycles. The summed E-state index contributed by atoms with van der Waals surface area (Å²) in [6.07, 6.45) is 1.43. The third-order valence-electron chi connectivity index (χ3n) is 2.40. The Morgan fingerprint density at radius 1 is 1.67 bits per heavy atom. The third-order valence-corrected chi connectivity index (χ3v) is 2.60. The van der Waals surface area contributed by atoms with Crippen LogP contribution in [0.3, 0.4) is 0 Å². The number of cyclic esters (lactones) is 1. The number of halogens is 1. The number of carbonyl (C=O) groups is 1. The van der Waals surface area contributed by atoms with Gasteiger partial charge in [0, 0.05) is 18.9 Å². The van der Waals surface area contributed by atoms with E-state index in [0.29, 0.717) is 17.3 Å². The van der Waals surface area contributed by atoms with Crippen molar-refractivity contribution in [1.29, 1.82) is 0 Å². The average molecular weight is 228 g/mol. The standard InChI is InChI=1S/C10H10ClNO3/c1-10(5-14-2)7-3-8(11)12-4-6(7)9(13)15-10/h3-4H,5H2,1-2H3. The van der Waals surface area contributed by atoms with Crippen molar-refractivity contribution in [2.75, 3.05) is 13.7 Å². The molecule has 1 unspecified atom stereocenters. The number of aromatic nitrogens is 1. The summed E-state index contributed by atoms with van der Waals surface area (Å²) < 4.78 is 10.3. The van der Waals surface area contributed by atoms with Crippen LogP contribution in [0.2, 0.25) is 5.15 Å². The minimum absolute atomic E-state index is 0.298. The molecule has 1 aliphatic rings. The lowest BCUT2D eigenvalue weighted by Crippen LogP contribution is -2.27. The van der Waals surface area contributed by atoms with Crippen LogP contribution < -0.4 is 0 Å². The molecule has 1 aromatic rings. The Bertz CT molecular complexity index is 421. The minimum atomic E-state index is -0.756. The Hall–Kier alpha value is -1.13. The number of methoxy groups -OCH3 is 1. The van der Waals surface area contributed by atoms with E-state index in [2.05, 4.69) is 4.98 Å². The van der Waals surface area contributed by atoms with E-state index < -0.39 is 5.60 Å². The molecule has 0 radical (unpaired) electrons. The smallest absolute Gasteiger partial charge is 0.341 e. The maximum Gasteiger partial charge on any atom is 0.341 e. The number of esters is 1. The van der Waals surface area contributed by atoms with Crippen molar-refractivity contribution in [1.82, 2.24) is 4.98 Å². The summed E-state index contributed by atoms with van der Waals surface area (Å²) in [5.74, 6) is -0.381. The van der Waals surface area contributed by atoms with Crippen LogP contribution in [0, 0.1) is 0 Å². The van der Waals surface area contributed by atoms with Gasteiger partial charge in [0.05, 0.1) is 12.2 Å². The van der Waals surface area contributed by atoms with E-state index in [0.717, 1.165) is 5.56 Å². The van der Waals surface area contributed by atoms with Crippen LogP contribution >= 0.6 is 11.6 Å². The average Bonchev–Trinajstić information content (AvgIpc) is 2.39. The van der Waals surface area contributed by atoms with Crippen molar-refractivity contribution >= 4 is 17.6 Å². The second-order valence-corrected chi connectivity index (χ2v) is 3.99. The minimum Gasteiger partial charge on any atom is -0.448 e. The molecule has 0 amide bonds. The third kappa shape index (κ3) is 1.60. The summed E-state index contributed by atoms with van der Waals surface area (Å²) in [6, 6.07) is 1.64. The summed E-state index contributed by atoms with van der Waals surface area (Å²) in [6.45, 7) is 2.09. The monoisotopic (exact) mass is 227 g/mol. The van der Waals surface area contributed by atoms with Gasteiger partial charge in [-0.25, -0.2) is 9.78 Å². The number of hydrogen-bond acceptors (Lipinski definition) is 4. The highest BCUT2D eigenvalue weighted by molar-refractivity contribution is 6.29. The van der Waals surface area contributed by atoms with Crippen molar-refractivity contribution in [3.05, 3.63) is 28.5 Å². The number of ether oxygens (including phenoxy) is 2. The largest absolute Gasteiger partial charge is 0.448 e. The van der Waals surface area contributed by atoms with E-state index in [-0.39, 0.29) is 5.97 Å². The fourth-order valence-corrected chi connectivity index (χ4v) is 1.89. The molecule has 15 heavy (non-hydrogen) atoms. The maximum atomic E-state index is 11.5. The quantitative estimate of drug-likeness (QED) is 0.571. The zero-order valence-corrected chi connectivity index (χ0v) is 9.17. The van der Waals surface area contributed by atoms with Gasteiger partial charge >= 0.3 is 5.97 Å². The van der Waals surface area contributed by atoms with E-state index in [1.807, 2.05) is 0 Å². The first kappa shape index (κ1) is 10.4. The highest BCUT2D eigenvalue weighted by atomic mass is 35.5. The zero-order chi connectivity index (χ0) is 11.1. The predicted octanol–water partition coefficient (Wildman–Crippen LogP) is 1.77. The number of hydrogen-bond donors (Lipinski definition) is 0. The number of pyridine rings is 1. The van der Waals surface area contributed by atoms with Gasteiger partial charge in [0.1, 0.15) is 5.15 Å². The molecule has 4 nitrogen and oxygen atoms in total. The summed E-state index contributed by atoms with van der Waals surface area (Å²) >= 11 is 5.78.